The summed E-state index contributed by atoms with van der Waals surface area (Å²) in [6.07, 6.45) is 0. The standard InChI is InChI=1S/C19H23NO5/c1-12(2)14-5-7-15(8-6-14)24-11-18(21)20(4)10-16-9-17(19(22)23)13(3)25-16/h5-9,12H,10-11H2,1-4H3,(H,22,23). The van der Waals surface area contributed by atoms with Crippen molar-refractivity contribution < 1.29 is 23.8 Å². The van der Waals surface area contributed by atoms with Gasteiger partial charge in [-0.3, -0.25) is 4.79 Å². The number of rotatable bonds is 7. The van der Waals surface area contributed by atoms with Crippen LogP contribution in [0.25, 0.3) is 0 Å². The Morgan fingerprint density at radius 2 is 1.88 bits per heavy atom. The molecule has 0 aliphatic carbocycles. The van der Waals surface area contributed by atoms with E-state index in [0.717, 1.165) is 0 Å². The molecule has 6 heteroatoms. The van der Waals surface area contributed by atoms with Gasteiger partial charge >= 0.3 is 5.97 Å². The molecule has 0 aliphatic heterocycles. The topological polar surface area (TPSA) is 80.0 Å². The quantitative estimate of drug-likeness (QED) is 0.831. The number of amides is 1. The first-order valence-corrected chi connectivity index (χ1v) is 8.07. The molecule has 0 bridgehead atoms. The van der Waals surface area contributed by atoms with E-state index in [2.05, 4.69) is 13.8 Å². The van der Waals surface area contributed by atoms with Crippen molar-refractivity contribution in [2.75, 3.05) is 13.7 Å². The number of hydrogen-bond donors (Lipinski definition) is 1. The molecule has 6 nitrogen and oxygen atoms in total. The highest BCUT2D eigenvalue weighted by Gasteiger charge is 2.17. The first kappa shape index (κ1) is 18.6. The van der Waals surface area contributed by atoms with Crippen molar-refractivity contribution in [3.63, 3.8) is 0 Å². The monoisotopic (exact) mass is 345 g/mol. The zero-order chi connectivity index (χ0) is 18.6. The Hall–Kier alpha value is -2.76. The molecule has 0 aliphatic rings. The summed E-state index contributed by atoms with van der Waals surface area (Å²) in [4.78, 5) is 24.6. The van der Waals surface area contributed by atoms with Crippen molar-refractivity contribution in [2.45, 2.75) is 33.2 Å². The van der Waals surface area contributed by atoms with Crippen LogP contribution in [0.4, 0.5) is 0 Å². The number of nitrogens with zero attached hydrogens (tertiary/aromatic N) is 1. The highest BCUT2D eigenvalue weighted by Crippen LogP contribution is 2.19. The number of aromatic carboxylic acids is 1. The fraction of sp³-hybridized carbons (Fsp3) is 0.368. The van der Waals surface area contributed by atoms with Crippen LogP contribution in [0.15, 0.2) is 34.7 Å². The highest BCUT2D eigenvalue weighted by molar-refractivity contribution is 5.88. The predicted molar refractivity (Wildman–Crippen MR) is 92.9 cm³/mol. The SMILES string of the molecule is Cc1oc(CN(C)C(=O)COc2ccc(C(C)C)cc2)cc1C(=O)O. The maximum absolute atomic E-state index is 12.2. The highest BCUT2D eigenvalue weighted by atomic mass is 16.5. The van der Waals surface area contributed by atoms with Crippen LogP contribution in [0.3, 0.4) is 0 Å². The Morgan fingerprint density at radius 1 is 1.24 bits per heavy atom. The van der Waals surface area contributed by atoms with Gasteiger partial charge in [0.1, 0.15) is 22.8 Å². The minimum atomic E-state index is -1.05. The molecule has 0 saturated heterocycles. The number of ether oxygens (including phenoxy) is 1. The Morgan fingerprint density at radius 3 is 2.40 bits per heavy atom. The number of carbonyl (C=O) groups excluding carboxylic acids is 1. The molecule has 1 aromatic heterocycles. The van der Waals surface area contributed by atoms with E-state index >= 15 is 0 Å². The summed E-state index contributed by atoms with van der Waals surface area (Å²) >= 11 is 0. The second-order valence-electron chi connectivity index (χ2n) is 6.25. The van der Waals surface area contributed by atoms with E-state index in [1.807, 2.05) is 24.3 Å². The minimum Gasteiger partial charge on any atom is -0.484 e. The predicted octanol–water partition coefficient (Wildman–Crippen LogP) is 3.45. The molecule has 2 rings (SSSR count). The van der Waals surface area contributed by atoms with Crippen LogP contribution >= 0.6 is 0 Å². The summed E-state index contributed by atoms with van der Waals surface area (Å²) in [7, 11) is 1.62. The lowest BCUT2D eigenvalue weighted by atomic mass is 10.0. The van der Waals surface area contributed by atoms with Gasteiger partial charge in [-0.1, -0.05) is 26.0 Å². The van der Waals surface area contributed by atoms with Gasteiger partial charge in [-0.2, -0.15) is 0 Å². The van der Waals surface area contributed by atoms with Gasteiger partial charge < -0.3 is 19.2 Å². The number of carboxylic acid groups (broad SMARTS) is 1. The van der Waals surface area contributed by atoms with E-state index in [1.165, 1.54) is 16.5 Å². The maximum atomic E-state index is 12.2. The molecular formula is C19H23NO5. The summed E-state index contributed by atoms with van der Waals surface area (Å²) in [5, 5.41) is 9.03. The number of carbonyl (C=O) groups is 2. The minimum absolute atomic E-state index is 0.0942. The Kier molecular flexibility index (Phi) is 5.85. The van der Waals surface area contributed by atoms with Gasteiger partial charge in [0, 0.05) is 7.05 Å². The molecule has 0 unspecified atom stereocenters. The summed E-state index contributed by atoms with van der Waals surface area (Å²) < 4.78 is 10.9. The Balaban J connectivity index is 1.89. The average Bonchev–Trinajstić information content (AvgIpc) is 2.93. The molecule has 0 fully saturated rings. The first-order valence-electron chi connectivity index (χ1n) is 8.07. The second kappa shape index (κ2) is 7.88. The van der Waals surface area contributed by atoms with Crippen LogP contribution in [0.1, 0.15) is 47.2 Å². The van der Waals surface area contributed by atoms with Gasteiger partial charge in [0.15, 0.2) is 6.61 Å². The van der Waals surface area contributed by atoms with E-state index in [4.69, 9.17) is 14.3 Å². The molecule has 134 valence electrons. The molecule has 0 radical (unpaired) electrons. The van der Waals surface area contributed by atoms with Crippen molar-refractivity contribution in [2.24, 2.45) is 0 Å². The van der Waals surface area contributed by atoms with E-state index in [9.17, 15) is 9.59 Å². The summed E-state index contributed by atoms with van der Waals surface area (Å²) in [5.41, 5.74) is 1.32. The number of likely N-dealkylation sites (N-methyl/N-ethyl adjacent to an activating group) is 1. The number of furan rings is 1. The van der Waals surface area contributed by atoms with Crippen molar-refractivity contribution in [3.05, 3.63) is 53.0 Å². The largest absolute Gasteiger partial charge is 0.484 e. The van der Waals surface area contributed by atoms with Gasteiger partial charge in [0.25, 0.3) is 5.91 Å². The molecular weight excluding hydrogens is 322 g/mol. The van der Waals surface area contributed by atoms with Gasteiger partial charge in [0.05, 0.1) is 6.54 Å². The van der Waals surface area contributed by atoms with Crippen molar-refractivity contribution in [3.8, 4) is 5.75 Å². The lowest BCUT2D eigenvalue weighted by Gasteiger charge is -2.16. The number of carboxylic acids is 1. The van der Waals surface area contributed by atoms with E-state index in [0.29, 0.717) is 23.2 Å². The Bertz CT molecular complexity index is 746. The molecule has 2 aromatic rings. The van der Waals surface area contributed by atoms with Crippen LogP contribution < -0.4 is 4.74 Å². The van der Waals surface area contributed by atoms with E-state index in [-0.39, 0.29) is 24.6 Å². The fourth-order valence-electron chi connectivity index (χ4n) is 2.36. The van der Waals surface area contributed by atoms with Crippen LogP contribution in [-0.4, -0.2) is 35.5 Å². The van der Waals surface area contributed by atoms with Crippen LogP contribution in [0.5, 0.6) is 5.75 Å². The lowest BCUT2D eigenvalue weighted by Crippen LogP contribution is -2.30. The Labute approximate surface area is 147 Å². The molecule has 0 saturated carbocycles. The zero-order valence-corrected chi connectivity index (χ0v) is 14.9. The summed E-state index contributed by atoms with van der Waals surface area (Å²) in [6.45, 7) is 5.89. The van der Waals surface area contributed by atoms with Crippen molar-refractivity contribution >= 4 is 11.9 Å². The third-order valence-corrected chi connectivity index (χ3v) is 3.93. The van der Waals surface area contributed by atoms with Gasteiger partial charge in [0.2, 0.25) is 0 Å². The van der Waals surface area contributed by atoms with Crippen LogP contribution in [0.2, 0.25) is 0 Å². The molecule has 25 heavy (non-hydrogen) atoms. The lowest BCUT2D eigenvalue weighted by molar-refractivity contribution is -0.132. The third kappa shape index (κ3) is 4.86. The second-order valence-corrected chi connectivity index (χ2v) is 6.25. The van der Waals surface area contributed by atoms with Gasteiger partial charge in [-0.15, -0.1) is 0 Å². The van der Waals surface area contributed by atoms with Gasteiger partial charge in [-0.25, -0.2) is 4.79 Å². The number of aryl methyl sites for hydroxylation is 1. The molecule has 1 amide bonds. The van der Waals surface area contributed by atoms with Crippen LogP contribution in [0, 0.1) is 6.92 Å². The third-order valence-electron chi connectivity index (χ3n) is 3.93. The van der Waals surface area contributed by atoms with Crippen molar-refractivity contribution in [1.29, 1.82) is 0 Å². The maximum Gasteiger partial charge on any atom is 0.339 e. The van der Waals surface area contributed by atoms with E-state index in [1.54, 1.807) is 14.0 Å². The zero-order valence-electron chi connectivity index (χ0n) is 14.9. The first-order chi connectivity index (χ1) is 11.8. The smallest absolute Gasteiger partial charge is 0.339 e. The number of benzene rings is 1. The average molecular weight is 345 g/mol. The fourth-order valence-corrected chi connectivity index (χ4v) is 2.36. The molecule has 1 N–H and O–H groups in total. The summed E-state index contributed by atoms with van der Waals surface area (Å²) in [6, 6.07) is 9.09. The van der Waals surface area contributed by atoms with Crippen molar-refractivity contribution in [1.82, 2.24) is 4.90 Å². The molecule has 0 spiro atoms. The summed E-state index contributed by atoms with van der Waals surface area (Å²) in [5.74, 6) is 0.549. The van der Waals surface area contributed by atoms with E-state index < -0.39 is 5.97 Å². The van der Waals surface area contributed by atoms with Gasteiger partial charge in [-0.05, 0) is 36.6 Å². The molecule has 1 aromatic carbocycles. The molecule has 0 atom stereocenters. The molecule has 1 heterocycles. The number of hydrogen-bond acceptors (Lipinski definition) is 4. The normalized spacial score (nSPS) is 10.8. The van der Waals surface area contributed by atoms with Crippen LogP contribution in [-0.2, 0) is 11.3 Å².